The molecule has 0 spiro atoms. The highest BCUT2D eigenvalue weighted by molar-refractivity contribution is 7.96. The number of carbonyl (C=O) groups is 1. The number of esters is 1. The Bertz CT molecular complexity index is 456. The van der Waals surface area contributed by atoms with Crippen LogP contribution in [-0.4, -0.2) is 29.7 Å². The zero-order valence-corrected chi connectivity index (χ0v) is 14.0. The fraction of sp³-hybridized carbons (Fsp3) is 0.588. The van der Waals surface area contributed by atoms with Crippen LogP contribution in [0.4, 0.5) is 0 Å². The maximum atomic E-state index is 11.6. The van der Waals surface area contributed by atoms with E-state index < -0.39 is 5.60 Å². The first kappa shape index (κ1) is 16.2. The predicted molar refractivity (Wildman–Crippen MR) is 87.0 cm³/mol. The summed E-state index contributed by atoms with van der Waals surface area (Å²) in [7, 11) is 0.410. The molecule has 0 aromatic heterocycles. The molecule has 1 aliphatic heterocycles. The van der Waals surface area contributed by atoms with Gasteiger partial charge < -0.3 is 9.47 Å². The Hall–Kier alpha value is -1.16. The molecular weight excluding hydrogens is 284 g/mol. The summed E-state index contributed by atoms with van der Waals surface area (Å²) in [4.78, 5) is 13.0. The number of ether oxygens (including phenoxy) is 2. The van der Waals surface area contributed by atoms with Crippen LogP contribution in [0.1, 0.15) is 40.0 Å². The second-order valence-corrected chi connectivity index (χ2v) is 8.58. The van der Waals surface area contributed by atoms with Gasteiger partial charge in [0.25, 0.3) is 0 Å². The smallest absolute Gasteiger partial charge is 0.344 e. The van der Waals surface area contributed by atoms with Gasteiger partial charge in [-0.15, -0.1) is 0 Å². The van der Waals surface area contributed by atoms with Crippen LogP contribution in [-0.2, 0) is 20.4 Å². The average Bonchev–Trinajstić information content (AvgIpc) is 2.45. The summed E-state index contributed by atoms with van der Waals surface area (Å²) in [6.07, 6.45) is 4.07. The monoisotopic (exact) mass is 309 g/mol. The Kier molecular flexibility index (Phi) is 5.57. The van der Waals surface area contributed by atoms with Gasteiger partial charge in [0.2, 0.25) is 0 Å². The van der Waals surface area contributed by atoms with E-state index in [2.05, 4.69) is 12.1 Å². The molecule has 2 rings (SSSR count). The molecule has 1 heterocycles. The lowest BCUT2D eigenvalue weighted by atomic mass is 10.2. The molecule has 0 saturated carbocycles. The Labute approximate surface area is 130 Å². The fourth-order valence-corrected chi connectivity index (χ4v) is 4.61. The summed E-state index contributed by atoms with van der Waals surface area (Å²) in [6, 6.07) is 8.19. The average molecular weight is 309 g/mol. The van der Waals surface area contributed by atoms with Crippen molar-refractivity contribution in [3.05, 3.63) is 24.3 Å². The third kappa shape index (κ3) is 5.62. The van der Waals surface area contributed by atoms with Gasteiger partial charge in [-0.2, -0.15) is 0 Å². The van der Waals surface area contributed by atoms with E-state index in [4.69, 9.17) is 9.47 Å². The molecule has 1 aromatic rings. The molecule has 1 saturated heterocycles. The van der Waals surface area contributed by atoms with Crippen molar-refractivity contribution in [2.45, 2.75) is 50.5 Å². The molecule has 21 heavy (non-hydrogen) atoms. The third-order valence-corrected chi connectivity index (χ3v) is 5.72. The van der Waals surface area contributed by atoms with E-state index in [1.54, 1.807) is 0 Å². The van der Waals surface area contributed by atoms with E-state index in [0.29, 0.717) is 10.9 Å². The second-order valence-electron chi connectivity index (χ2n) is 6.31. The van der Waals surface area contributed by atoms with E-state index in [0.717, 1.165) is 5.75 Å². The van der Waals surface area contributed by atoms with E-state index in [1.807, 2.05) is 32.9 Å². The minimum absolute atomic E-state index is 0.0394. The van der Waals surface area contributed by atoms with Crippen LogP contribution in [0, 0.1) is 0 Å². The summed E-state index contributed by atoms with van der Waals surface area (Å²) < 4.78 is 10.7. The largest absolute Gasteiger partial charge is 0.482 e. The zero-order valence-electron chi connectivity index (χ0n) is 13.2. The maximum Gasteiger partial charge on any atom is 0.344 e. The summed E-state index contributed by atoms with van der Waals surface area (Å²) in [5, 5.41) is 0. The van der Waals surface area contributed by atoms with E-state index in [9.17, 15) is 4.79 Å². The van der Waals surface area contributed by atoms with Gasteiger partial charge in [0, 0.05) is 10.9 Å². The Morgan fingerprint density at radius 2 is 1.71 bits per heavy atom. The zero-order chi connectivity index (χ0) is 15.3. The number of hydrogen-bond acceptors (Lipinski definition) is 3. The second kappa shape index (κ2) is 7.21. The topological polar surface area (TPSA) is 35.5 Å². The highest BCUT2D eigenvalue weighted by Crippen LogP contribution is 2.24. The molecule has 0 aliphatic carbocycles. The van der Waals surface area contributed by atoms with Crippen LogP contribution in [0.3, 0.4) is 0 Å². The molecule has 1 aliphatic rings. The van der Waals surface area contributed by atoms with Crippen LogP contribution < -0.4 is 4.74 Å². The van der Waals surface area contributed by atoms with Crippen LogP contribution in [0.25, 0.3) is 0 Å². The number of rotatable bonds is 4. The van der Waals surface area contributed by atoms with Gasteiger partial charge in [-0.05, 0) is 64.3 Å². The lowest BCUT2D eigenvalue weighted by molar-refractivity contribution is -0.157. The first-order valence-corrected chi connectivity index (χ1v) is 9.12. The van der Waals surface area contributed by atoms with Crippen molar-refractivity contribution in [1.29, 1.82) is 0 Å². The highest BCUT2D eigenvalue weighted by atomic mass is 32.2. The molecule has 3 nitrogen and oxygen atoms in total. The van der Waals surface area contributed by atoms with Gasteiger partial charge in [0.05, 0.1) is 0 Å². The van der Waals surface area contributed by atoms with Crippen molar-refractivity contribution >= 4 is 16.9 Å². The molecule has 0 radical (unpaired) electrons. The number of benzene rings is 1. The van der Waals surface area contributed by atoms with Gasteiger partial charge in [-0.1, -0.05) is 0 Å². The normalized spacial score (nSPS) is 16.5. The van der Waals surface area contributed by atoms with E-state index >= 15 is 0 Å². The standard InChI is InChI=1S/C17H25O3S/c1-17(2,3)20-16(18)13-19-14-7-9-15(10-8-14)21-11-5-4-6-12-21/h7-10H,4-6,11-13H2,1-3H3/q+1. The van der Waals surface area contributed by atoms with Gasteiger partial charge >= 0.3 is 5.97 Å². The Morgan fingerprint density at radius 1 is 1.10 bits per heavy atom. The molecule has 0 N–H and O–H groups in total. The lowest BCUT2D eigenvalue weighted by Crippen LogP contribution is -2.27. The molecule has 0 bridgehead atoms. The number of hydrogen-bond donors (Lipinski definition) is 0. The molecule has 1 fully saturated rings. The first-order chi connectivity index (χ1) is 9.94. The predicted octanol–water partition coefficient (Wildman–Crippen LogP) is 3.57. The number of carbonyl (C=O) groups excluding carboxylic acids is 1. The molecule has 0 amide bonds. The Morgan fingerprint density at radius 3 is 2.29 bits per heavy atom. The van der Waals surface area contributed by atoms with Crippen molar-refractivity contribution < 1.29 is 14.3 Å². The van der Waals surface area contributed by atoms with Crippen molar-refractivity contribution in [2.24, 2.45) is 0 Å². The molecule has 0 unspecified atom stereocenters. The highest BCUT2D eigenvalue weighted by Gasteiger charge is 2.24. The fourth-order valence-electron chi connectivity index (χ4n) is 2.31. The molecule has 116 valence electrons. The van der Waals surface area contributed by atoms with Gasteiger partial charge in [-0.25, -0.2) is 4.79 Å². The van der Waals surface area contributed by atoms with E-state index in [1.165, 1.54) is 35.7 Å². The van der Waals surface area contributed by atoms with Crippen LogP contribution >= 0.6 is 0 Å². The summed E-state index contributed by atoms with van der Waals surface area (Å²) in [6.45, 7) is 5.52. The van der Waals surface area contributed by atoms with Gasteiger partial charge in [0.1, 0.15) is 22.9 Å². The SMILES string of the molecule is CC(C)(C)OC(=O)COc1ccc([S+]2CCCCC2)cc1. The quantitative estimate of drug-likeness (QED) is 0.630. The minimum atomic E-state index is -0.466. The minimum Gasteiger partial charge on any atom is -0.482 e. The van der Waals surface area contributed by atoms with Gasteiger partial charge in [0.15, 0.2) is 11.5 Å². The van der Waals surface area contributed by atoms with Crippen molar-refractivity contribution in [3.63, 3.8) is 0 Å². The first-order valence-electron chi connectivity index (χ1n) is 7.56. The van der Waals surface area contributed by atoms with Gasteiger partial charge in [-0.3, -0.25) is 0 Å². The van der Waals surface area contributed by atoms with Crippen LogP contribution in [0.15, 0.2) is 29.2 Å². The molecule has 1 aromatic carbocycles. The van der Waals surface area contributed by atoms with Crippen LogP contribution in [0.2, 0.25) is 0 Å². The summed E-state index contributed by atoms with van der Waals surface area (Å²) in [5.41, 5.74) is -0.466. The molecule has 4 heteroatoms. The molecular formula is C17H25O3S+. The Balaban J connectivity index is 1.83. The van der Waals surface area contributed by atoms with Crippen LogP contribution in [0.5, 0.6) is 5.75 Å². The van der Waals surface area contributed by atoms with Crippen molar-refractivity contribution in [3.8, 4) is 5.75 Å². The third-order valence-electron chi connectivity index (χ3n) is 3.22. The summed E-state index contributed by atoms with van der Waals surface area (Å²) in [5.74, 6) is 3.03. The molecule has 0 atom stereocenters. The maximum absolute atomic E-state index is 11.6. The lowest BCUT2D eigenvalue weighted by Gasteiger charge is -2.19. The van der Waals surface area contributed by atoms with E-state index in [-0.39, 0.29) is 12.6 Å². The van der Waals surface area contributed by atoms with Crippen molar-refractivity contribution in [1.82, 2.24) is 0 Å². The van der Waals surface area contributed by atoms with Crippen molar-refractivity contribution in [2.75, 3.05) is 18.1 Å². The summed E-state index contributed by atoms with van der Waals surface area (Å²) >= 11 is 0.